The van der Waals surface area contributed by atoms with Crippen LogP contribution in [0, 0.1) is 0 Å². The van der Waals surface area contributed by atoms with Crippen LogP contribution in [0.4, 0.5) is 0 Å². The molecule has 4 nitrogen and oxygen atoms in total. The Balaban J connectivity index is 3.00. The molecule has 1 atom stereocenters. The van der Waals surface area contributed by atoms with Crippen LogP contribution in [-0.2, 0) is 0 Å². The van der Waals surface area contributed by atoms with Crippen LogP contribution in [0.1, 0.15) is 17.3 Å². The van der Waals surface area contributed by atoms with Gasteiger partial charge in [0.1, 0.15) is 5.75 Å². The molecule has 1 unspecified atom stereocenters. The fourth-order valence-electron chi connectivity index (χ4n) is 1.24. The highest BCUT2D eigenvalue weighted by Gasteiger charge is 2.21. The summed E-state index contributed by atoms with van der Waals surface area (Å²) in [6.07, 6.45) is 0. The van der Waals surface area contributed by atoms with Crippen molar-refractivity contribution in [1.29, 1.82) is 0 Å². The van der Waals surface area contributed by atoms with E-state index in [-0.39, 0.29) is 28.3 Å². The van der Waals surface area contributed by atoms with Crippen molar-refractivity contribution in [2.45, 2.75) is 13.0 Å². The summed E-state index contributed by atoms with van der Waals surface area (Å²) in [6.45, 7) is 1.72. The molecule has 3 N–H and O–H groups in total. The standard InChI is InChI=1S/C11H13ClN2O2S/c1-6(10(13)17)14(2)11(16)8-4-3-7(12)5-9(8)15/h3-6,15H,1-2H3,(H2,13,17). The average Bonchev–Trinajstić information content (AvgIpc) is 2.26. The second-order valence-electron chi connectivity index (χ2n) is 3.66. The maximum atomic E-state index is 12.0. The van der Waals surface area contributed by atoms with Crippen molar-refractivity contribution >= 4 is 34.7 Å². The van der Waals surface area contributed by atoms with Gasteiger partial charge in [-0.1, -0.05) is 23.8 Å². The summed E-state index contributed by atoms with van der Waals surface area (Å²) in [5.41, 5.74) is 5.64. The number of nitrogens with zero attached hydrogens (tertiary/aromatic N) is 1. The van der Waals surface area contributed by atoms with Crippen molar-refractivity contribution in [2.75, 3.05) is 7.05 Å². The zero-order valence-electron chi connectivity index (χ0n) is 9.48. The van der Waals surface area contributed by atoms with Gasteiger partial charge in [-0.15, -0.1) is 0 Å². The molecule has 92 valence electrons. The van der Waals surface area contributed by atoms with Gasteiger partial charge in [-0.3, -0.25) is 4.79 Å². The molecule has 0 radical (unpaired) electrons. The Morgan fingerprint density at radius 1 is 1.59 bits per heavy atom. The molecule has 17 heavy (non-hydrogen) atoms. The monoisotopic (exact) mass is 272 g/mol. The molecule has 0 aliphatic rings. The Morgan fingerprint density at radius 3 is 2.65 bits per heavy atom. The molecule has 0 aliphatic carbocycles. The Morgan fingerprint density at radius 2 is 2.18 bits per heavy atom. The summed E-state index contributed by atoms with van der Waals surface area (Å²) in [6, 6.07) is 3.93. The van der Waals surface area contributed by atoms with E-state index >= 15 is 0 Å². The van der Waals surface area contributed by atoms with Crippen LogP contribution in [0.15, 0.2) is 18.2 Å². The molecular weight excluding hydrogens is 260 g/mol. The van der Waals surface area contributed by atoms with Gasteiger partial charge >= 0.3 is 0 Å². The van der Waals surface area contributed by atoms with Gasteiger partial charge in [0.2, 0.25) is 0 Å². The van der Waals surface area contributed by atoms with Crippen LogP contribution in [0.3, 0.4) is 0 Å². The molecule has 0 bridgehead atoms. The van der Waals surface area contributed by atoms with Gasteiger partial charge in [0, 0.05) is 12.1 Å². The second-order valence-corrected chi connectivity index (χ2v) is 4.56. The van der Waals surface area contributed by atoms with E-state index in [0.29, 0.717) is 5.02 Å². The first-order valence-electron chi connectivity index (χ1n) is 4.89. The van der Waals surface area contributed by atoms with Crippen molar-refractivity contribution < 1.29 is 9.90 Å². The van der Waals surface area contributed by atoms with Crippen LogP contribution in [0.2, 0.25) is 5.02 Å². The van der Waals surface area contributed by atoms with Gasteiger partial charge in [0.05, 0.1) is 16.6 Å². The summed E-state index contributed by atoms with van der Waals surface area (Å²) in [7, 11) is 1.57. The molecule has 0 fully saturated rings. The van der Waals surface area contributed by atoms with E-state index in [1.807, 2.05) is 0 Å². The third-order valence-electron chi connectivity index (χ3n) is 2.50. The molecule has 6 heteroatoms. The molecule has 0 aromatic heterocycles. The summed E-state index contributed by atoms with van der Waals surface area (Å²) >= 11 is 10.5. The van der Waals surface area contributed by atoms with E-state index in [4.69, 9.17) is 29.6 Å². The van der Waals surface area contributed by atoms with E-state index in [0.717, 1.165) is 0 Å². The number of halogens is 1. The zero-order chi connectivity index (χ0) is 13.2. The number of phenols is 1. The number of amides is 1. The molecule has 0 saturated heterocycles. The highest BCUT2D eigenvalue weighted by atomic mass is 35.5. The quantitative estimate of drug-likeness (QED) is 0.824. The van der Waals surface area contributed by atoms with Crippen LogP contribution in [0.25, 0.3) is 0 Å². The Bertz CT molecular complexity index is 465. The number of thiocarbonyl (C=S) groups is 1. The first-order chi connectivity index (χ1) is 7.84. The Hall–Kier alpha value is -1.33. The normalized spacial score (nSPS) is 11.9. The fraction of sp³-hybridized carbons (Fsp3) is 0.273. The van der Waals surface area contributed by atoms with Crippen molar-refractivity contribution in [3.8, 4) is 5.75 Å². The number of hydrogen-bond acceptors (Lipinski definition) is 3. The topological polar surface area (TPSA) is 66.6 Å². The van der Waals surface area contributed by atoms with Gasteiger partial charge in [-0.05, 0) is 25.1 Å². The largest absolute Gasteiger partial charge is 0.507 e. The minimum absolute atomic E-state index is 0.163. The minimum atomic E-state index is -0.382. The summed E-state index contributed by atoms with van der Waals surface area (Å²) in [5, 5.41) is 10.00. The molecule has 1 aromatic carbocycles. The summed E-state index contributed by atoms with van der Waals surface area (Å²) in [5.74, 6) is -0.524. The second kappa shape index (κ2) is 5.33. The molecular formula is C11H13ClN2O2S. The highest BCUT2D eigenvalue weighted by Crippen LogP contribution is 2.23. The van der Waals surface area contributed by atoms with Crippen molar-refractivity contribution in [3.05, 3.63) is 28.8 Å². The lowest BCUT2D eigenvalue weighted by molar-refractivity contribution is 0.0776. The third kappa shape index (κ3) is 3.08. The predicted octanol–water partition coefficient (Wildman–Crippen LogP) is 1.79. The highest BCUT2D eigenvalue weighted by molar-refractivity contribution is 7.80. The number of aromatic hydroxyl groups is 1. The Labute approximate surface area is 110 Å². The third-order valence-corrected chi connectivity index (χ3v) is 3.08. The smallest absolute Gasteiger partial charge is 0.257 e. The molecule has 1 aromatic rings. The van der Waals surface area contributed by atoms with Crippen molar-refractivity contribution in [3.63, 3.8) is 0 Å². The van der Waals surface area contributed by atoms with E-state index in [1.54, 1.807) is 14.0 Å². The lowest BCUT2D eigenvalue weighted by Gasteiger charge is -2.24. The van der Waals surface area contributed by atoms with E-state index < -0.39 is 0 Å². The number of carbonyl (C=O) groups is 1. The lowest BCUT2D eigenvalue weighted by atomic mass is 10.1. The Kier molecular flexibility index (Phi) is 4.31. The van der Waals surface area contributed by atoms with Gasteiger partial charge < -0.3 is 15.7 Å². The molecule has 0 heterocycles. The zero-order valence-corrected chi connectivity index (χ0v) is 11.0. The number of phenolic OH excluding ortho intramolecular Hbond substituents is 1. The molecule has 1 amide bonds. The van der Waals surface area contributed by atoms with Gasteiger partial charge in [-0.2, -0.15) is 0 Å². The summed E-state index contributed by atoms with van der Waals surface area (Å²) < 4.78 is 0. The van der Waals surface area contributed by atoms with E-state index in [2.05, 4.69) is 0 Å². The maximum Gasteiger partial charge on any atom is 0.257 e. The minimum Gasteiger partial charge on any atom is -0.507 e. The molecule has 0 aliphatic heterocycles. The summed E-state index contributed by atoms with van der Waals surface area (Å²) in [4.78, 5) is 13.6. The lowest BCUT2D eigenvalue weighted by Crippen LogP contribution is -2.42. The fourth-order valence-corrected chi connectivity index (χ4v) is 1.57. The first-order valence-corrected chi connectivity index (χ1v) is 5.68. The molecule has 0 spiro atoms. The van der Waals surface area contributed by atoms with Crippen molar-refractivity contribution in [2.24, 2.45) is 5.73 Å². The van der Waals surface area contributed by atoms with Crippen molar-refractivity contribution in [1.82, 2.24) is 4.90 Å². The number of benzene rings is 1. The number of carbonyl (C=O) groups excluding carboxylic acids is 1. The maximum absolute atomic E-state index is 12.0. The van der Waals surface area contributed by atoms with Crippen LogP contribution < -0.4 is 5.73 Å². The van der Waals surface area contributed by atoms with Gasteiger partial charge in [0.15, 0.2) is 0 Å². The number of likely N-dealkylation sites (N-methyl/N-ethyl adjacent to an activating group) is 1. The number of nitrogens with two attached hydrogens (primary N) is 1. The number of rotatable bonds is 3. The average molecular weight is 273 g/mol. The van der Waals surface area contributed by atoms with Crippen LogP contribution >= 0.6 is 23.8 Å². The first kappa shape index (κ1) is 13.7. The van der Waals surface area contributed by atoms with Gasteiger partial charge in [-0.25, -0.2) is 0 Å². The van der Waals surface area contributed by atoms with E-state index in [1.165, 1.54) is 23.1 Å². The SMILES string of the molecule is CC(C(N)=S)N(C)C(=O)c1ccc(Cl)cc1O. The van der Waals surface area contributed by atoms with Gasteiger partial charge in [0.25, 0.3) is 5.91 Å². The molecule has 1 rings (SSSR count). The van der Waals surface area contributed by atoms with Crippen LogP contribution in [0.5, 0.6) is 5.75 Å². The molecule has 0 saturated carbocycles. The predicted molar refractivity (Wildman–Crippen MR) is 71.5 cm³/mol. The number of hydrogen-bond donors (Lipinski definition) is 2. The van der Waals surface area contributed by atoms with Crippen LogP contribution in [-0.4, -0.2) is 34.0 Å². The van der Waals surface area contributed by atoms with E-state index in [9.17, 15) is 9.90 Å².